The molecular formula is C26H24O2P+. The molecule has 3 heteroatoms. The van der Waals surface area contributed by atoms with Crippen LogP contribution in [0.15, 0.2) is 109 Å². The highest BCUT2D eigenvalue weighted by Gasteiger charge is 2.48. The van der Waals surface area contributed by atoms with Gasteiger partial charge in [0.1, 0.15) is 40.0 Å². The highest BCUT2D eigenvalue weighted by Crippen LogP contribution is 2.55. The van der Waals surface area contributed by atoms with Gasteiger partial charge in [0.15, 0.2) is 0 Å². The van der Waals surface area contributed by atoms with Crippen LogP contribution < -0.4 is 30.7 Å². The quantitative estimate of drug-likeness (QED) is 0.450. The maximum Gasteiger partial charge on any atom is 0.144 e. The van der Waals surface area contributed by atoms with E-state index in [9.17, 15) is 0 Å². The third-order valence-electron chi connectivity index (χ3n) is 5.15. The summed E-state index contributed by atoms with van der Waals surface area (Å²) in [7, 11) is 1.26. The van der Waals surface area contributed by atoms with Crippen molar-refractivity contribution in [3.63, 3.8) is 0 Å². The molecule has 0 saturated carbocycles. The van der Waals surface area contributed by atoms with E-state index in [2.05, 4.69) is 103 Å². The maximum absolute atomic E-state index is 5.64. The van der Waals surface area contributed by atoms with Crippen LogP contribution in [0.3, 0.4) is 0 Å². The molecule has 4 aromatic carbocycles. The molecule has 0 atom stereocenters. The lowest BCUT2D eigenvalue weighted by Crippen LogP contribution is -2.38. The van der Waals surface area contributed by atoms with Gasteiger partial charge < -0.3 is 9.47 Å². The van der Waals surface area contributed by atoms with Crippen LogP contribution in [0.5, 0.6) is 11.5 Å². The first kappa shape index (κ1) is 19.2. The Hall–Kier alpha value is -3.09. The molecule has 144 valence electrons. The zero-order valence-corrected chi connectivity index (χ0v) is 17.6. The van der Waals surface area contributed by atoms with E-state index < -0.39 is 7.26 Å². The molecule has 0 aliphatic carbocycles. The van der Waals surface area contributed by atoms with E-state index in [1.807, 2.05) is 6.07 Å². The zero-order valence-electron chi connectivity index (χ0n) is 16.7. The van der Waals surface area contributed by atoms with Gasteiger partial charge in [-0.3, -0.25) is 0 Å². The first-order valence-electron chi connectivity index (χ1n) is 9.58. The lowest BCUT2D eigenvalue weighted by atomic mass is 10.3. The number of benzene rings is 4. The standard InChI is InChI=1S/C26H24O2P/c1-27-21-18-22(28-2)20-26(19-21)29(23-12-6-3-7-13-23,24-14-8-4-9-15-24)25-16-10-5-11-17-25/h3-20H,1-2H3/q+1. The van der Waals surface area contributed by atoms with Crippen LogP contribution in [0.25, 0.3) is 0 Å². The third kappa shape index (κ3) is 3.52. The van der Waals surface area contributed by atoms with Gasteiger partial charge in [0, 0.05) is 18.2 Å². The van der Waals surface area contributed by atoms with Crippen LogP contribution in [0, 0.1) is 0 Å². The summed E-state index contributed by atoms with van der Waals surface area (Å²) in [6.07, 6.45) is 0. The number of hydrogen-bond acceptors (Lipinski definition) is 2. The molecule has 0 N–H and O–H groups in total. The Balaban J connectivity index is 2.15. The minimum Gasteiger partial charge on any atom is -0.496 e. The monoisotopic (exact) mass is 399 g/mol. The molecule has 0 saturated heterocycles. The molecule has 0 amide bonds. The second-order valence-corrected chi connectivity index (χ2v) is 10.2. The van der Waals surface area contributed by atoms with E-state index >= 15 is 0 Å². The summed E-state index contributed by atoms with van der Waals surface area (Å²) in [5.41, 5.74) is 0. The Morgan fingerprint density at radius 2 is 0.793 bits per heavy atom. The van der Waals surface area contributed by atoms with Crippen LogP contribution in [-0.4, -0.2) is 14.2 Å². The average molecular weight is 399 g/mol. The van der Waals surface area contributed by atoms with Gasteiger partial charge in [-0.05, 0) is 36.4 Å². The molecule has 0 fully saturated rings. The Labute approximate surface area is 173 Å². The fourth-order valence-corrected chi connectivity index (χ4v) is 8.12. The number of ether oxygens (including phenoxy) is 2. The number of rotatable bonds is 6. The Morgan fingerprint density at radius 3 is 1.10 bits per heavy atom. The number of methoxy groups -OCH3 is 2. The number of hydrogen-bond donors (Lipinski definition) is 0. The van der Waals surface area contributed by atoms with Gasteiger partial charge in [-0.1, -0.05) is 54.6 Å². The van der Waals surface area contributed by atoms with Gasteiger partial charge in [-0.25, -0.2) is 0 Å². The fourth-order valence-electron chi connectivity index (χ4n) is 3.84. The fraction of sp³-hybridized carbons (Fsp3) is 0.0769. The van der Waals surface area contributed by atoms with Gasteiger partial charge in [0.05, 0.1) is 14.2 Å². The summed E-state index contributed by atoms with van der Waals surface area (Å²) in [4.78, 5) is 0. The van der Waals surface area contributed by atoms with E-state index in [-0.39, 0.29) is 0 Å². The zero-order chi connectivity index (χ0) is 20.1. The predicted octanol–water partition coefficient (Wildman–Crippen LogP) is 4.32. The van der Waals surface area contributed by atoms with Crippen molar-refractivity contribution in [1.82, 2.24) is 0 Å². The summed E-state index contributed by atoms with van der Waals surface area (Å²) >= 11 is 0. The van der Waals surface area contributed by atoms with Crippen molar-refractivity contribution in [3.05, 3.63) is 109 Å². The van der Waals surface area contributed by atoms with Crippen molar-refractivity contribution in [2.45, 2.75) is 0 Å². The first-order valence-corrected chi connectivity index (χ1v) is 11.4. The molecule has 0 spiro atoms. The normalized spacial score (nSPS) is 11.1. The van der Waals surface area contributed by atoms with Crippen molar-refractivity contribution < 1.29 is 9.47 Å². The van der Waals surface area contributed by atoms with Gasteiger partial charge in [0.2, 0.25) is 0 Å². The van der Waals surface area contributed by atoms with Crippen molar-refractivity contribution >= 4 is 28.5 Å². The molecule has 0 aromatic heterocycles. The topological polar surface area (TPSA) is 18.5 Å². The molecule has 4 rings (SSSR count). The average Bonchev–Trinajstić information content (AvgIpc) is 2.81. The van der Waals surface area contributed by atoms with E-state index in [1.54, 1.807) is 14.2 Å². The summed E-state index contributed by atoms with van der Waals surface area (Å²) < 4.78 is 11.3. The predicted molar refractivity (Wildman–Crippen MR) is 124 cm³/mol. The van der Waals surface area contributed by atoms with Gasteiger partial charge in [-0.2, -0.15) is 0 Å². The van der Waals surface area contributed by atoms with Crippen molar-refractivity contribution in [1.29, 1.82) is 0 Å². The maximum atomic E-state index is 5.64. The third-order valence-corrected chi connectivity index (χ3v) is 9.40. The van der Waals surface area contributed by atoms with Crippen LogP contribution in [0.2, 0.25) is 0 Å². The van der Waals surface area contributed by atoms with Gasteiger partial charge in [0.25, 0.3) is 0 Å². The van der Waals surface area contributed by atoms with E-state index in [4.69, 9.17) is 9.47 Å². The minimum atomic E-state index is -2.15. The van der Waals surface area contributed by atoms with Crippen LogP contribution >= 0.6 is 7.26 Å². The van der Waals surface area contributed by atoms with Crippen molar-refractivity contribution in [3.8, 4) is 11.5 Å². The molecule has 2 nitrogen and oxygen atoms in total. The molecular weight excluding hydrogens is 375 g/mol. The molecule has 0 unspecified atom stereocenters. The molecule has 0 radical (unpaired) electrons. The lowest BCUT2D eigenvalue weighted by Gasteiger charge is -2.28. The molecule has 4 aromatic rings. The summed E-state index contributed by atoms with van der Waals surface area (Å²) in [6.45, 7) is 0. The largest absolute Gasteiger partial charge is 0.496 e. The Kier molecular flexibility index (Phi) is 5.64. The molecule has 0 bridgehead atoms. The summed E-state index contributed by atoms with van der Waals surface area (Å²) in [6, 6.07) is 38.6. The summed E-state index contributed by atoms with van der Waals surface area (Å²) in [5, 5.41) is 5.10. The summed E-state index contributed by atoms with van der Waals surface area (Å²) in [5.74, 6) is 1.60. The van der Waals surface area contributed by atoms with Crippen LogP contribution in [-0.2, 0) is 0 Å². The van der Waals surface area contributed by atoms with E-state index in [0.29, 0.717) is 0 Å². The highest BCUT2D eigenvalue weighted by atomic mass is 31.2. The van der Waals surface area contributed by atoms with E-state index in [0.717, 1.165) is 11.5 Å². The highest BCUT2D eigenvalue weighted by molar-refractivity contribution is 8.01. The molecule has 0 aliphatic rings. The Bertz CT molecular complexity index is 945. The van der Waals surface area contributed by atoms with Crippen molar-refractivity contribution in [2.24, 2.45) is 0 Å². The van der Waals surface area contributed by atoms with Crippen molar-refractivity contribution in [2.75, 3.05) is 14.2 Å². The van der Waals surface area contributed by atoms with Gasteiger partial charge in [-0.15, -0.1) is 0 Å². The SMILES string of the molecule is COc1cc(OC)cc([P+](c2ccccc2)(c2ccccc2)c2ccccc2)c1. The van der Waals surface area contributed by atoms with E-state index in [1.165, 1.54) is 21.2 Å². The minimum absolute atomic E-state index is 0.798. The smallest absolute Gasteiger partial charge is 0.144 e. The molecule has 0 aliphatic heterocycles. The van der Waals surface area contributed by atoms with Crippen LogP contribution in [0.4, 0.5) is 0 Å². The van der Waals surface area contributed by atoms with Crippen LogP contribution in [0.1, 0.15) is 0 Å². The Morgan fingerprint density at radius 1 is 0.448 bits per heavy atom. The molecule has 29 heavy (non-hydrogen) atoms. The van der Waals surface area contributed by atoms with Gasteiger partial charge >= 0.3 is 0 Å². The lowest BCUT2D eigenvalue weighted by molar-refractivity contribution is 0.395. The first-order chi connectivity index (χ1) is 14.3. The second-order valence-electron chi connectivity index (χ2n) is 6.75. The second kappa shape index (κ2) is 8.51. The molecule has 0 heterocycles.